The van der Waals surface area contributed by atoms with E-state index in [4.69, 9.17) is 0 Å². The molecule has 0 saturated heterocycles. The fourth-order valence-corrected chi connectivity index (χ4v) is 3.87. The highest BCUT2D eigenvalue weighted by Crippen LogP contribution is 2.28. The summed E-state index contributed by atoms with van der Waals surface area (Å²) in [6.45, 7) is 1.80. The Hall–Kier alpha value is -1.63. The molecule has 3 rings (SSSR count). The van der Waals surface area contributed by atoms with Gasteiger partial charge in [0.2, 0.25) is 0 Å². The molecule has 24 heavy (non-hydrogen) atoms. The molecule has 1 aliphatic rings. The van der Waals surface area contributed by atoms with E-state index in [1.54, 1.807) is 13.0 Å². The summed E-state index contributed by atoms with van der Waals surface area (Å²) in [7, 11) is 0. The molecule has 1 fully saturated rings. The van der Waals surface area contributed by atoms with E-state index in [1.807, 2.05) is 12.1 Å². The molecule has 0 atom stereocenters. The molecule has 0 bridgehead atoms. The molecule has 0 nitrogen and oxygen atoms in total. The van der Waals surface area contributed by atoms with E-state index >= 15 is 0 Å². The van der Waals surface area contributed by atoms with Crippen LogP contribution in [0.1, 0.15) is 62.5 Å². The van der Waals surface area contributed by atoms with Crippen molar-refractivity contribution in [1.82, 2.24) is 0 Å². The van der Waals surface area contributed by atoms with Crippen LogP contribution < -0.4 is 0 Å². The quantitative estimate of drug-likeness (QED) is 0.497. The smallest absolute Gasteiger partial charge is 0.126 e. The van der Waals surface area contributed by atoms with Crippen molar-refractivity contribution < 1.29 is 4.39 Å². The van der Waals surface area contributed by atoms with Gasteiger partial charge in [-0.15, -0.1) is 0 Å². The summed E-state index contributed by atoms with van der Waals surface area (Å²) >= 11 is 0. The van der Waals surface area contributed by atoms with Crippen LogP contribution in [0.2, 0.25) is 0 Å². The van der Waals surface area contributed by atoms with Gasteiger partial charge in [0.1, 0.15) is 5.82 Å². The van der Waals surface area contributed by atoms with Crippen molar-refractivity contribution in [2.45, 2.75) is 64.7 Å². The highest BCUT2D eigenvalue weighted by molar-refractivity contribution is 5.64. The fraction of sp³-hybridized carbons (Fsp3) is 0.478. The number of unbranched alkanes of at least 4 members (excludes halogenated alkanes) is 1. The number of halogens is 1. The number of aryl methyl sites for hydroxylation is 2. The van der Waals surface area contributed by atoms with Crippen molar-refractivity contribution in [2.75, 3.05) is 0 Å². The molecule has 1 heteroatoms. The molecule has 128 valence electrons. The maximum absolute atomic E-state index is 13.7. The summed E-state index contributed by atoms with van der Waals surface area (Å²) in [5.41, 5.74) is 4.16. The number of benzene rings is 2. The Bertz CT molecular complexity index is 636. The zero-order valence-corrected chi connectivity index (χ0v) is 14.9. The van der Waals surface area contributed by atoms with E-state index < -0.39 is 0 Å². The number of hydrogen-bond donors (Lipinski definition) is 0. The van der Waals surface area contributed by atoms with Crippen LogP contribution in [-0.2, 0) is 6.42 Å². The van der Waals surface area contributed by atoms with E-state index in [9.17, 15) is 4.39 Å². The fourth-order valence-electron chi connectivity index (χ4n) is 3.87. The number of rotatable bonds is 6. The third-order valence-electron chi connectivity index (χ3n) is 5.51. The van der Waals surface area contributed by atoms with Crippen molar-refractivity contribution in [1.29, 1.82) is 0 Å². The predicted octanol–water partition coefficient (Wildman–Crippen LogP) is 7.09. The molecular formula is C23H29F. The standard InChI is InChI=1S/C23H29F/c1-18-11-14-22(17-23(18)24)21-15-12-20(13-16-21)10-6-5-9-19-7-3-2-4-8-19/h11-17,19H,2-10H2,1H3. The molecule has 0 aromatic heterocycles. The summed E-state index contributed by atoms with van der Waals surface area (Å²) in [6, 6.07) is 14.1. The lowest BCUT2D eigenvalue weighted by atomic mass is 9.85. The third-order valence-corrected chi connectivity index (χ3v) is 5.51. The minimum absolute atomic E-state index is 0.126. The first-order chi connectivity index (χ1) is 11.7. The van der Waals surface area contributed by atoms with Gasteiger partial charge in [0.25, 0.3) is 0 Å². The van der Waals surface area contributed by atoms with E-state index in [0.29, 0.717) is 5.56 Å². The summed E-state index contributed by atoms with van der Waals surface area (Å²) < 4.78 is 13.7. The molecule has 1 aliphatic carbocycles. The van der Waals surface area contributed by atoms with Gasteiger partial charge in [-0.05, 0) is 54.0 Å². The van der Waals surface area contributed by atoms with Gasteiger partial charge in [-0.2, -0.15) is 0 Å². The van der Waals surface area contributed by atoms with Gasteiger partial charge in [0.15, 0.2) is 0 Å². The monoisotopic (exact) mass is 324 g/mol. The molecule has 0 amide bonds. The summed E-state index contributed by atoms with van der Waals surface area (Å²) in [5.74, 6) is 0.872. The van der Waals surface area contributed by atoms with Gasteiger partial charge in [0.05, 0.1) is 0 Å². The van der Waals surface area contributed by atoms with Crippen LogP contribution in [0, 0.1) is 18.7 Å². The predicted molar refractivity (Wildman–Crippen MR) is 101 cm³/mol. The highest BCUT2D eigenvalue weighted by atomic mass is 19.1. The Kier molecular flexibility index (Phi) is 6.07. The summed E-state index contributed by atoms with van der Waals surface area (Å²) in [5, 5.41) is 0. The van der Waals surface area contributed by atoms with Crippen molar-refractivity contribution in [3.63, 3.8) is 0 Å². The van der Waals surface area contributed by atoms with E-state index in [0.717, 1.165) is 23.5 Å². The first-order valence-electron chi connectivity index (χ1n) is 9.58. The van der Waals surface area contributed by atoms with Crippen LogP contribution in [0.3, 0.4) is 0 Å². The van der Waals surface area contributed by atoms with E-state index in [2.05, 4.69) is 24.3 Å². The second-order valence-corrected chi connectivity index (χ2v) is 7.41. The highest BCUT2D eigenvalue weighted by Gasteiger charge is 2.12. The van der Waals surface area contributed by atoms with E-state index in [-0.39, 0.29) is 5.82 Å². The summed E-state index contributed by atoms with van der Waals surface area (Å²) in [6.07, 6.45) is 12.5. The van der Waals surface area contributed by atoms with Gasteiger partial charge in [-0.1, -0.05) is 81.3 Å². The molecule has 0 aliphatic heterocycles. The molecule has 1 saturated carbocycles. The lowest BCUT2D eigenvalue weighted by Crippen LogP contribution is -2.05. The van der Waals surface area contributed by atoms with Crippen molar-refractivity contribution >= 4 is 0 Å². The maximum Gasteiger partial charge on any atom is 0.126 e. The second kappa shape index (κ2) is 8.46. The van der Waals surface area contributed by atoms with Gasteiger partial charge in [0, 0.05) is 0 Å². The van der Waals surface area contributed by atoms with Crippen LogP contribution in [0.15, 0.2) is 42.5 Å². The van der Waals surface area contributed by atoms with Gasteiger partial charge < -0.3 is 0 Å². The minimum Gasteiger partial charge on any atom is -0.207 e. The van der Waals surface area contributed by atoms with Crippen LogP contribution in [-0.4, -0.2) is 0 Å². The Labute approximate surface area is 146 Å². The third kappa shape index (κ3) is 4.69. The lowest BCUT2D eigenvalue weighted by molar-refractivity contribution is 0.330. The number of hydrogen-bond acceptors (Lipinski definition) is 0. The maximum atomic E-state index is 13.7. The molecule has 0 spiro atoms. The topological polar surface area (TPSA) is 0 Å². The van der Waals surface area contributed by atoms with Gasteiger partial charge in [-0.25, -0.2) is 4.39 Å². The molecule has 2 aromatic rings. The van der Waals surface area contributed by atoms with E-state index in [1.165, 1.54) is 56.9 Å². The largest absolute Gasteiger partial charge is 0.207 e. The van der Waals surface area contributed by atoms with Crippen LogP contribution in [0.25, 0.3) is 11.1 Å². The second-order valence-electron chi connectivity index (χ2n) is 7.41. The molecule has 0 unspecified atom stereocenters. The average molecular weight is 324 g/mol. The first kappa shape index (κ1) is 17.2. The van der Waals surface area contributed by atoms with Crippen LogP contribution >= 0.6 is 0 Å². The Morgan fingerprint density at radius 2 is 1.58 bits per heavy atom. The Balaban J connectivity index is 1.48. The minimum atomic E-state index is -0.126. The zero-order chi connectivity index (χ0) is 16.8. The zero-order valence-electron chi connectivity index (χ0n) is 14.9. The van der Waals surface area contributed by atoms with Crippen molar-refractivity contribution in [3.8, 4) is 11.1 Å². The van der Waals surface area contributed by atoms with Gasteiger partial charge >= 0.3 is 0 Å². The van der Waals surface area contributed by atoms with Gasteiger partial charge in [-0.3, -0.25) is 0 Å². The van der Waals surface area contributed by atoms with Crippen molar-refractivity contribution in [3.05, 3.63) is 59.4 Å². The average Bonchev–Trinajstić information content (AvgIpc) is 2.62. The lowest BCUT2D eigenvalue weighted by Gasteiger charge is -2.21. The SMILES string of the molecule is Cc1ccc(-c2ccc(CCCCC3CCCCC3)cc2)cc1F. The van der Waals surface area contributed by atoms with Crippen LogP contribution in [0.5, 0.6) is 0 Å². The molecule has 0 radical (unpaired) electrons. The van der Waals surface area contributed by atoms with Crippen molar-refractivity contribution in [2.24, 2.45) is 5.92 Å². The Morgan fingerprint density at radius 1 is 0.875 bits per heavy atom. The van der Waals surface area contributed by atoms with Crippen LogP contribution in [0.4, 0.5) is 4.39 Å². The normalized spacial score (nSPS) is 15.6. The summed E-state index contributed by atoms with van der Waals surface area (Å²) in [4.78, 5) is 0. The first-order valence-corrected chi connectivity index (χ1v) is 9.58. The molecule has 2 aromatic carbocycles. The molecule has 0 N–H and O–H groups in total. The molecular weight excluding hydrogens is 295 g/mol. The Morgan fingerprint density at radius 3 is 2.29 bits per heavy atom. The molecule has 0 heterocycles.